The molecule has 0 bridgehead atoms. The number of aryl methyl sites for hydroxylation is 1. The molecule has 0 fully saturated rings. The number of hydrazine groups is 1. The van der Waals surface area contributed by atoms with Crippen molar-refractivity contribution in [2.75, 3.05) is 7.11 Å². The summed E-state index contributed by atoms with van der Waals surface area (Å²) < 4.78 is 19.5. The fourth-order valence-corrected chi connectivity index (χ4v) is 2.71. The first-order valence-corrected chi connectivity index (χ1v) is 6.91. The lowest BCUT2D eigenvalue weighted by atomic mass is 9.95. The third kappa shape index (κ3) is 3.00. The van der Waals surface area contributed by atoms with E-state index in [2.05, 4.69) is 21.4 Å². The van der Waals surface area contributed by atoms with E-state index in [1.54, 1.807) is 13.2 Å². The minimum Gasteiger partial charge on any atom is -0.496 e. The zero-order valence-electron chi connectivity index (χ0n) is 11.3. The Labute approximate surface area is 126 Å². The number of rotatable bonds is 4. The van der Waals surface area contributed by atoms with Gasteiger partial charge in [0.15, 0.2) is 0 Å². The molecule has 2 rings (SSSR count). The van der Waals surface area contributed by atoms with Crippen LogP contribution in [0.1, 0.15) is 22.7 Å². The molecule has 5 heteroatoms. The average molecular weight is 339 g/mol. The van der Waals surface area contributed by atoms with Crippen LogP contribution >= 0.6 is 15.9 Å². The van der Waals surface area contributed by atoms with Gasteiger partial charge in [-0.2, -0.15) is 0 Å². The molecule has 3 N–H and O–H groups in total. The van der Waals surface area contributed by atoms with Gasteiger partial charge in [-0.1, -0.05) is 12.1 Å². The Hall–Kier alpha value is -1.43. The number of nitrogens with two attached hydrogens (primary N) is 1. The van der Waals surface area contributed by atoms with Crippen LogP contribution in [0.5, 0.6) is 5.75 Å². The van der Waals surface area contributed by atoms with Crippen LogP contribution < -0.4 is 16.0 Å². The first-order chi connectivity index (χ1) is 9.56. The second-order valence-electron chi connectivity index (χ2n) is 4.49. The third-order valence-electron chi connectivity index (χ3n) is 3.23. The normalized spacial score (nSPS) is 12.2. The molecule has 0 aliphatic rings. The molecule has 2 aromatic carbocycles. The molecule has 20 heavy (non-hydrogen) atoms. The highest BCUT2D eigenvalue weighted by atomic mass is 79.9. The Bertz CT molecular complexity index is 619. The van der Waals surface area contributed by atoms with E-state index in [-0.39, 0.29) is 11.9 Å². The van der Waals surface area contributed by atoms with E-state index in [0.717, 1.165) is 26.9 Å². The summed E-state index contributed by atoms with van der Waals surface area (Å²) in [6.45, 7) is 1.93. The SMILES string of the molecule is COc1ccc(C(NN)c2cc(F)ccc2C)cc1Br. The number of hydrogen-bond acceptors (Lipinski definition) is 3. The van der Waals surface area contributed by atoms with Gasteiger partial charge in [0.25, 0.3) is 0 Å². The highest BCUT2D eigenvalue weighted by Gasteiger charge is 2.16. The van der Waals surface area contributed by atoms with E-state index >= 15 is 0 Å². The Morgan fingerprint density at radius 3 is 2.60 bits per heavy atom. The Morgan fingerprint density at radius 1 is 1.25 bits per heavy atom. The maximum atomic E-state index is 13.5. The summed E-state index contributed by atoms with van der Waals surface area (Å²) in [5.41, 5.74) is 5.45. The summed E-state index contributed by atoms with van der Waals surface area (Å²) in [6.07, 6.45) is 0. The van der Waals surface area contributed by atoms with Crippen LogP contribution in [0.15, 0.2) is 40.9 Å². The van der Waals surface area contributed by atoms with Gasteiger partial charge in [-0.05, 0) is 63.8 Å². The minimum atomic E-state index is -0.284. The second-order valence-corrected chi connectivity index (χ2v) is 5.35. The lowest BCUT2D eigenvalue weighted by molar-refractivity contribution is 0.411. The van der Waals surface area contributed by atoms with Gasteiger partial charge in [0, 0.05) is 0 Å². The number of ether oxygens (including phenoxy) is 1. The smallest absolute Gasteiger partial charge is 0.133 e. The molecule has 1 atom stereocenters. The number of methoxy groups -OCH3 is 1. The van der Waals surface area contributed by atoms with Gasteiger partial charge in [0.1, 0.15) is 11.6 Å². The fourth-order valence-electron chi connectivity index (χ4n) is 2.15. The van der Waals surface area contributed by atoms with Gasteiger partial charge in [-0.3, -0.25) is 5.84 Å². The molecule has 0 amide bonds. The Morgan fingerprint density at radius 2 is 2.00 bits per heavy atom. The second kappa shape index (κ2) is 6.35. The largest absolute Gasteiger partial charge is 0.496 e. The van der Waals surface area contributed by atoms with Crippen molar-refractivity contribution >= 4 is 15.9 Å². The molecule has 0 radical (unpaired) electrons. The molecule has 0 aliphatic carbocycles. The van der Waals surface area contributed by atoms with Crippen LogP contribution in [0.2, 0.25) is 0 Å². The molecule has 0 saturated carbocycles. The van der Waals surface area contributed by atoms with Crippen LogP contribution in [0.4, 0.5) is 4.39 Å². The van der Waals surface area contributed by atoms with Gasteiger partial charge in [0.2, 0.25) is 0 Å². The molecule has 0 saturated heterocycles. The molecule has 0 aromatic heterocycles. The topological polar surface area (TPSA) is 47.3 Å². The number of halogens is 2. The average Bonchev–Trinajstić information content (AvgIpc) is 2.44. The van der Waals surface area contributed by atoms with Gasteiger partial charge >= 0.3 is 0 Å². The molecule has 0 heterocycles. The highest BCUT2D eigenvalue weighted by molar-refractivity contribution is 9.10. The van der Waals surface area contributed by atoms with Gasteiger partial charge in [-0.15, -0.1) is 0 Å². The van der Waals surface area contributed by atoms with Crippen LogP contribution in [0, 0.1) is 12.7 Å². The predicted molar refractivity (Wildman–Crippen MR) is 81.0 cm³/mol. The highest BCUT2D eigenvalue weighted by Crippen LogP contribution is 2.31. The van der Waals surface area contributed by atoms with Crippen molar-refractivity contribution < 1.29 is 9.13 Å². The standard InChI is InChI=1S/C15H16BrFN2O/c1-9-3-5-11(17)8-12(9)15(19-18)10-4-6-14(20-2)13(16)7-10/h3-8,15,19H,18H2,1-2H3. The third-order valence-corrected chi connectivity index (χ3v) is 3.85. The van der Waals surface area contributed by atoms with Gasteiger partial charge < -0.3 is 4.74 Å². The molecule has 3 nitrogen and oxygen atoms in total. The minimum absolute atomic E-state index is 0.279. The van der Waals surface area contributed by atoms with Crippen molar-refractivity contribution in [3.63, 3.8) is 0 Å². The molecule has 106 valence electrons. The summed E-state index contributed by atoms with van der Waals surface area (Å²) in [5.74, 6) is 6.11. The summed E-state index contributed by atoms with van der Waals surface area (Å²) >= 11 is 3.44. The molecule has 1 unspecified atom stereocenters. The van der Waals surface area contributed by atoms with Gasteiger partial charge in [-0.25, -0.2) is 9.82 Å². The van der Waals surface area contributed by atoms with Crippen molar-refractivity contribution in [3.05, 3.63) is 63.4 Å². The lowest BCUT2D eigenvalue weighted by Crippen LogP contribution is -2.29. The number of nitrogens with one attached hydrogen (secondary N) is 1. The van der Waals surface area contributed by atoms with E-state index < -0.39 is 0 Å². The van der Waals surface area contributed by atoms with E-state index in [9.17, 15) is 4.39 Å². The van der Waals surface area contributed by atoms with E-state index in [1.165, 1.54) is 12.1 Å². The van der Waals surface area contributed by atoms with Crippen molar-refractivity contribution in [1.29, 1.82) is 0 Å². The van der Waals surface area contributed by atoms with Crippen LogP contribution in [-0.2, 0) is 0 Å². The monoisotopic (exact) mass is 338 g/mol. The molecule has 0 aliphatic heterocycles. The maximum Gasteiger partial charge on any atom is 0.133 e. The first-order valence-electron chi connectivity index (χ1n) is 6.12. The maximum absolute atomic E-state index is 13.5. The number of hydrogen-bond donors (Lipinski definition) is 2. The zero-order valence-corrected chi connectivity index (χ0v) is 12.9. The first kappa shape index (κ1) is 15.0. The van der Waals surface area contributed by atoms with E-state index in [1.807, 2.05) is 25.1 Å². The molecule has 0 spiro atoms. The van der Waals surface area contributed by atoms with Crippen LogP contribution in [-0.4, -0.2) is 7.11 Å². The quantitative estimate of drug-likeness (QED) is 0.663. The van der Waals surface area contributed by atoms with Crippen LogP contribution in [0.25, 0.3) is 0 Å². The van der Waals surface area contributed by atoms with E-state index in [0.29, 0.717) is 0 Å². The van der Waals surface area contributed by atoms with Crippen molar-refractivity contribution in [2.24, 2.45) is 5.84 Å². The molecular weight excluding hydrogens is 323 g/mol. The molecular formula is C15H16BrFN2O. The summed E-state index contributed by atoms with van der Waals surface area (Å²) in [4.78, 5) is 0. The fraction of sp³-hybridized carbons (Fsp3) is 0.200. The predicted octanol–water partition coefficient (Wildman–Crippen LogP) is 3.46. The van der Waals surface area contributed by atoms with Gasteiger partial charge in [0.05, 0.1) is 17.6 Å². The van der Waals surface area contributed by atoms with Crippen molar-refractivity contribution in [3.8, 4) is 5.75 Å². The summed E-state index contributed by atoms with van der Waals surface area (Å²) in [7, 11) is 1.61. The Balaban J connectivity index is 2.46. The number of benzene rings is 2. The molecule has 2 aromatic rings. The van der Waals surface area contributed by atoms with E-state index in [4.69, 9.17) is 10.6 Å². The summed E-state index contributed by atoms with van der Waals surface area (Å²) in [5, 5.41) is 0. The van der Waals surface area contributed by atoms with Crippen molar-refractivity contribution in [1.82, 2.24) is 5.43 Å². The zero-order chi connectivity index (χ0) is 14.7. The van der Waals surface area contributed by atoms with Crippen LogP contribution in [0.3, 0.4) is 0 Å². The Kier molecular flexibility index (Phi) is 4.75. The lowest BCUT2D eigenvalue weighted by Gasteiger charge is -2.20. The van der Waals surface area contributed by atoms with Crippen molar-refractivity contribution in [2.45, 2.75) is 13.0 Å². The summed E-state index contributed by atoms with van der Waals surface area (Å²) in [6, 6.07) is 10.1.